The number of hydrogen-bond donors (Lipinski definition) is 0. The summed E-state index contributed by atoms with van der Waals surface area (Å²) in [5, 5.41) is 0. The Morgan fingerprint density at radius 3 is 2.08 bits per heavy atom. The van der Waals surface area contributed by atoms with Crippen LogP contribution < -0.4 is 0 Å². The molecule has 1 aliphatic heterocycles. The number of rotatable bonds is 4. The Hall–Kier alpha value is -0.0800. The van der Waals surface area contributed by atoms with Crippen molar-refractivity contribution in [2.24, 2.45) is 5.92 Å². The molecule has 2 nitrogen and oxygen atoms in total. The molecule has 1 aliphatic rings. The van der Waals surface area contributed by atoms with Crippen molar-refractivity contribution in [3.8, 4) is 0 Å². The zero-order valence-corrected chi connectivity index (χ0v) is 9.84. The average Bonchev–Trinajstić information content (AvgIpc) is 2.03. The van der Waals surface area contributed by atoms with Gasteiger partial charge in [0.2, 0.25) is 0 Å². The van der Waals surface area contributed by atoms with Gasteiger partial charge in [-0.1, -0.05) is 34.6 Å². The molecule has 1 heterocycles. The number of likely N-dealkylation sites (N-methyl/N-ethyl adjacent to an activating group) is 1. The fourth-order valence-electron chi connectivity index (χ4n) is 1.44. The largest absolute Gasteiger partial charge is 0.378 e. The summed E-state index contributed by atoms with van der Waals surface area (Å²) in [6.45, 7) is 15.0. The molecule has 0 unspecified atom stereocenters. The van der Waals surface area contributed by atoms with Gasteiger partial charge in [0.1, 0.15) is 0 Å². The Bertz CT molecular complexity index is 111. The van der Waals surface area contributed by atoms with Crippen LogP contribution in [-0.4, -0.2) is 37.2 Å². The van der Waals surface area contributed by atoms with Crippen LogP contribution in [0.15, 0.2) is 0 Å². The SMILES string of the molecule is CC.CCN(CC(C)C)C1COC1. The van der Waals surface area contributed by atoms with Crippen LogP contribution in [0, 0.1) is 5.92 Å². The quantitative estimate of drug-likeness (QED) is 0.670. The zero-order chi connectivity index (χ0) is 10.3. The first-order chi connectivity index (χ1) is 6.24. The predicted octanol–water partition coefficient (Wildman–Crippen LogP) is 2.39. The van der Waals surface area contributed by atoms with E-state index in [9.17, 15) is 0 Å². The number of ether oxygens (including phenoxy) is 1. The van der Waals surface area contributed by atoms with Crippen LogP contribution in [0.1, 0.15) is 34.6 Å². The van der Waals surface area contributed by atoms with Gasteiger partial charge in [-0.15, -0.1) is 0 Å². The zero-order valence-electron chi connectivity index (χ0n) is 9.84. The second-order valence-electron chi connectivity index (χ2n) is 3.67. The average molecular weight is 187 g/mol. The molecule has 0 aliphatic carbocycles. The van der Waals surface area contributed by atoms with Crippen LogP contribution in [0.2, 0.25) is 0 Å². The maximum Gasteiger partial charge on any atom is 0.0645 e. The minimum absolute atomic E-state index is 0.711. The molecule has 0 saturated carbocycles. The number of nitrogens with zero attached hydrogens (tertiary/aromatic N) is 1. The third-order valence-electron chi connectivity index (χ3n) is 2.14. The van der Waals surface area contributed by atoms with E-state index in [4.69, 9.17) is 4.74 Å². The van der Waals surface area contributed by atoms with Crippen LogP contribution in [0.25, 0.3) is 0 Å². The maximum absolute atomic E-state index is 5.16. The smallest absolute Gasteiger partial charge is 0.0645 e. The second-order valence-corrected chi connectivity index (χ2v) is 3.67. The van der Waals surface area contributed by atoms with Gasteiger partial charge in [-0.2, -0.15) is 0 Å². The van der Waals surface area contributed by atoms with E-state index in [2.05, 4.69) is 25.7 Å². The van der Waals surface area contributed by atoms with E-state index in [1.807, 2.05) is 13.8 Å². The van der Waals surface area contributed by atoms with Gasteiger partial charge in [0.25, 0.3) is 0 Å². The topological polar surface area (TPSA) is 12.5 Å². The molecule has 0 bridgehead atoms. The van der Waals surface area contributed by atoms with Gasteiger partial charge >= 0.3 is 0 Å². The predicted molar refractivity (Wildman–Crippen MR) is 58.0 cm³/mol. The third kappa shape index (κ3) is 4.63. The number of hydrogen-bond acceptors (Lipinski definition) is 2. The Morgan fingerprint density at radius 2 is 1.85 bits per heavy atom. The van der Waals surface area contributed by atoms with E-state index in [-0.39, 0.29) is 0 Å². The molecule has 0 spiro atoms. The Labute approximate surface area is 83.3 Å². The molecule has 1 fully saturated rings. The Kier molecular flexibility index (Phi) is 7.29. The molecule has 0 aromatic heterocycles. The van der Waals surface area contributed by atoms with Crippen LogP contribution in [0.4, 0.5) is 0 Å². The van der Waals surface area contributed by atoms with E-state index >= 15 is 0 Å². The molecular formula is C11H25NO. The standard InChI is InChI=1S/C9H19NO.C2H6/c1-4-10(5-8(2)3)9-6-11-7-9;1-2/h8-9H,4-7H2,1-3H3;1-2H3. The fraction of sp³-hybridized carbons (Fsp3) is 1.00. The summed E-state index contributed by atoms with van der Waals surface area (Å²) >= 11 is 0. The molecular weight excluding hydrogens is 162 g/mol. The molecule has 0 radical (unpaired) electrons. The van der Waals surface area contributed by atoms with Crippen molar-refractivity contribution in [1.29, 1.82) is 0 Å². The van der Waals surface area contributed by atoms with Gasteiger partial charge in [0, 0.05) is 6.54 Å². The van der Waals surface area contributed by atoms with Crippen molar-refractivity contribution in [1.82, 2.24) is 4.90 Å². The van der Waals surface area contributed by atoms with E-state index in [0.29, 0.717) is 6.04 Å². The van der Waals surface area contributed by atoms with Crippen molar-refractivity contribution >= 4 is 0 Å². The summed E-state index contributed by atoms with van der Waals surface area (Å²) < 4.78 is 5.16. The lowest BCUT2D eigenvalue weighted by Gasteiger charge is -2.37. The molecule has 1 saturated heterocycles. The van der Waals surface area contributed by atoms with Gasteiger partial charge < -0.3 is 4.74 Å². The Morgan fingerprint density at radius 1 is 1.31 bits per heavy atom. The third-order valence-corrected chi connectivity index (χ3v) is 2.14. The van der Waals surface area contributed by atoms with Crippen LogP contribution >= 0.6 is 0 Å². The minimum Gasteiger partial charge on any atom is -0.378 e. The van der Waals surface area contributed by atoms with Crippen molar-refractivity contribution in [3.63, 3.8) is 0 Å². The molecule has 0 amide bonds. The Balaban J connectivity index is 0.000000671. The summed E-state index contributed by atoms with van der Waals surface area (Å²) in [7, 11) is 0. The van der Waals surface area contributed by atoms with Crippen molar-refractivity contribution < 1.29 is 4.74 Å². The molecule has 80 valence electrons. The lowest BCUT2D eigenvalue weighted by atomic mass is 10.1. The van der Waals surface area contributed by atoms with Crippen LogP contribution in [0.5, 0.6) is 0 Å². The highest BCUT2D eigenvalue weighted by Crippen LogP contribution is 2.11. The molecule has 13 heavy (non-hydrogen) atoms. The minimum atomic E-state index is 0.711. The first-order valence-electron chi connectivity index (χ1n) is 5.55. The highest BCUT2D eigenvalue weighted by atomic mass is 16.5. The van der Waals surface area contributed by atoms with Crippen LogP contribution in [0.3, 0.4) is 0 Å². The lowest BCUT2D eigenvalue weighted by Crippen LogP contribution is -2.50. The fourth-order valence-corrected chi connectivity index (χ4v) is 1.44. The summed E-state index contributed by atoms with van der Waals surface area (Å²) in [5.74, 6) is 0.774. The van der Waals surface area contributed by atoms with Gasteiger partial charge in [-0.05, 0) is 12.5 Å². The van der Waals surface area contributed by atoms with Gasteiger partial charge in [0.15, 0.2) is 0 Å². The highest BCUT2D eigenvalue weighted by Gasteiger charge is 2.24. The second kappa shape index (κ2) is 7.34. The summed E-state index contributed by atoms with van der Waals surface area (Å²) in [5.41, 5.74) is 0. The normalized spacial score (nSPS) is 16.8. The van der Waals surface area contributed by atoms with E-state index in [1.54, 1.807) is 0 Å². The van der Waals surface area contributed by atoms with Crippen molar-refractivity contribution in [3.05, 3.63) is 0 Å². The summed E-state index contributed by atoms with van der Waals surface area (Å²) in [6.07, 6.45) is 0. The van der Waals surface area contributed by atoms with E-state index in [0.717, 1.165) is 25.7 Å². The van der Waals surface area contributed by atoms with E-state index in [1.165, 1.54) is 6.54 Å². The van der Waals surface area contributed by atoms with Gasteiger partial charge in [-0.25, -0.2) is 0 Å². The van der Waals surface area contributed by atoms with Gasteiger partial charge in [0.05, 0.1) is 19.3 Å². The summed E-state index contributed by atoms with van der Waals surface area (Å²) in [4.78, 5) is 2.51. The van der Waals surface area contributed by atoms with E-state index < -0.39 is 0 Å². The molecule has 0 N–H and O–H groups in total. The molecule has 0 aromatic rings. The molecule has 1 rings (SSSR count). The van der Waals surface area contributed by atoms with Crippen molar-refractivity contribution in [2.45, 2.75) is 40.7 Å². The van der Waals surface area contributed by atoms with Crippen molar-refractivity contribution in [2.75, 3.05) is 26.3 Å². The molecule has 0 atom stereocenters. The van der Waals surface area contributed by atoms with Crippen LogP contribution in [-0.2, 0) is 4.74 Å². The maximum atomic E-state index is 5.16. The molecule has 0 aromatic carbocycles. The van der Waals surface area contributed by atoms with Gasteiger partial charge in [-0.3, -0.25) is 4.90 Å². The lowest BCUT2D eigenvalue weighted by molar-refractivity contribution is -0.0661. The summed E-state index contributed by atoms with van der Waals surface area (Å²) in [6, 6.07) is 0.711. The first kappa shape index (κ1) is 12.9. The monoisotopic (exact) mass is 187 g/mol. The molecule has 2 heteroatoms. The first-order valence-corrected chi connectivity index (χ1v) is 5.55. The highest BCUT2D eigenvalue weighted by molar-refractivity contribution is 4.76.